The lowest BCUT2D eigenvalue weighted by Gasteiger charge is -2.12. The highest BCUT2D eigenvalue weighted by Gasteiger charge is 2.26. The number of aliphatic hydroxyl groups excluding tert-OH is 1. The summed E-state index contributed by atoms with van der Waals surface area (Å²) in [6.45, 7) is 3.51. The van der Waals surface area contributed by atoms with E-state index in [1.165, 1.54) is 12.1 Å². The number of carbonyl (C=O) groups excluding carboxylic acids is 1. The largest absolute Gasteiger partial charge is 0.394 e. The third-order valence-corrected chi connectivity index (χ3v) is 5.93. The van der Waals surface area contributed by atoms with Gasteiger partial charge in [-0.15, -0.1) is 0 Å². The third-order valence-electron chi connectivity index (χ3n) is 5.00. The Hall–Kier alpha value is -2.57. The summed E-state index contributed by atoms with van der Waals surface area (Å²) >= 11 is 0. The van der Waals surface area contributed by atoms with Gasteiger partial charge in [-0.05, 0) is 77.6 Å². The topological polar surface area (TPSA) is 66.4 Å². The van der Waals surface area contributed by atoms with Crippen LogP contribution in [0.25, 0.3) is 17.2 Å². The molecule has 0 radical (unpaired) electrons. The Bertz CT molecular complexity index is 1020. The average molecular weight is 414 g/mol. The van der Waals surface area contributed by atoms with Crippen LogP contribution in [0, 0.1) is 5.82 Å². The summed E-state index contributed by atoms with van der Waals surface area (Å²) in [7, 11) is -1.04. The Labute approximate surface area is 172 Å². The molecule has 2 atom stereocenters. The Morgan fingerprint density at radius 3 is 2.52 bits per heavy atom. The number of aliphatic hydroxyl groups is 1. The van der Waals surface area contributed by atoms with E-state index in [1.54, 1.807) is 19.2 Å². The number of benzene rings is 2. The van der Waals surface area contributed by atoms with Gasteiger partial charge < -0.3 is 10.4 Å². The van der Waals surface area contributed by atoms with Crippen molar-refractivity contribution in [3.63, 3.8) is 0 Å². The lowest BCUT2D eigenvalue weighted by atomic mass is 10.0. The molecule has 6 heteroatoms. The van der Waals surface area contributed by atoms with Gasteiger partial charge in [0, 0.05) is 28.0 Å². The average Bonchev–Trinajstić information content (AvgIpc) is 2.93. The maximum absolute atomic E-state index is 13.9. The first kappa shape index (κ1) is 21.1. The van der Waals surface area contributed by atoms with Crippen LogP contribution in [0.3, 0.4) is 0 Å². The van der Waals surface area contributed by atoms with Crippen molar-refractivity contribution in [2.75, 3.05) is 12.9 Å². The molecule has 3 rings (SSSR count). The van der Waals surface area contributed by atoms with Gasteiger partial charge in [0.25, 0.3) is 0 Å². The van der Waals surface area contributed by atoms with E-state index >= 15 is 0 Å². The molecule has 0 saturated carbocycles. The van der Waals surface area contributed by atoms with E-state index in [2.05, 4.69) is 5.32 Å². The molecule has 0 heterocycles. The highest BCUT2D eigenvalue weighted by molar-refractivity contribution is 7.84. The first-order valence-electron chi connectivity index (χ1n) is 9.36. The fraction of sp³-hybridized carbons (Fsp3) is 0.261. The zero-order valence-corrected chi connectivity index (χ0v) is 17.5. The Morgan fingerprint density at radius 1 is 1.21 bits per heavy atom. The van der Waals surface area contributed by atoms with Crippen molar-refractivity contribution in [2.45, 2.75) is 31.2 Å². The Morgan fingerprint density at radius 2 is 1.90 bits per heavy atom. The molecule has 0 bridgehead atoms. The first-order valence-corrected chi connectivity index (χ1v) is 10.9. The van der Waals surface area contributed by atoms with Crippen molar-refractivity contribution in [1.82, 2.24) is 5.32 Å². The van der Waals surface area contributed by atoms with E-state index in [0.717, 1.165) is 32.7 Å². The fourth-order valence-corrected chi connectivity index (χ4v) is 3.96. The third kappa shape index (κ3) is 4.71. The van der Waals surface area contributed by atoms with E-state index in [0.29, 0.717) is 5.56 Å². The van der Waals surface area contributed by atoms with Crippen LogP contribution in [0.1, 0.15) is 37.0 Å². The van der Waals surface area contributed by atoms with Gasteiger partial charge in [0.2, 0.25) is 5.91 Å². The van der Waals surface area contributed by atoms with Crippen molar-refractivity contribution < 1.29 is 18.5 Å². The summed E-state index contributed by atoms with van der Waals surface area (Å²) in [5.41, 5.74) is 5.16. The first-order chi connectivity index (χ1) is 13.8. The number of halogens is 1. The SMILES string of the molecule is CC1=C(CC(=O)N[C@@H](C)CO)c2cc(F)ccc2/C1=C/c1ccc([S@](C)=O)cc1. The zero-order valence-electron chi connectivity index (χ0n) is 16.7. The van der Waals surface area contributed by atoms with Gasteiger partial charge in [-0.25, -0.2) is 4.39 Å². The van der Waals surface area contributed by atoms with Crippen LogP contribution >= 0.6 is 0 Å². The molecule has 1 amide bonds. The predicted molar refractivity (Wildman–Crippen MR) is 115 cm³/mol. The quantitative estimate of drug-likeness (QED) is 0.758. The van der Waals surface area contributed by atoms with Crippen LogP contribution in [0.4, 0.5) is 4.39 Å². The standard InChI is InChI=1S/C23H24FNO3S/c1-14(13-26)25-23(27)12-21-15(2)20(19-9-6-17(24)11-22(19)21)10-16-4-7-18(8-5-16)29(3)28/h4-11,14,26H,12-13H2,1-3H3,(H,25,27)/b20-10+/t14-,29-/m0/s1. The minimum absolute atomic E-state index is 0.109. The number of hydrogen-bond donors (Lipinski definition) is 2. The summed E-state index contributed by atoms with van der Waals surface area (Å²) in [6, 6.07) is 11.7. The predicted octanol–water partition coefficient (Wildman–Crippen LogP) is 3.78. The highest BCUT2D eigenvalue weighted by atomic mass is 32.2. The number of rotatable bonds is 6. The minimum Gasteiger partial charge on any atom is -0.394 e. The lowest BCUT2D eigenvalue weighted by Crippen LogP contribution is -2.34. The van der Waals surface area contributed by atoms with Crippen molar-refractivity contribution in [3.8, 4) is 0 Å². The molecule has 0 spiro atoms. The fourth-order valence-electron chi connectivity index (χ4n) is 3.44. The van der Waals surface area contributed by atoms with Gasteiger partial charge in [-0.3, -0.25) is 9.00 Å². The minimum atomic E-state index is -1.04. The number of nitrogens with one attached hydrogen (secondary N) is 1. The highest BCUT2D eigenvalue weighted by Crippen LogP contribution is 2.43. The van der Waals surface area contributed by atoms with Crippen molar-refractivity contribution in [1.29, 1.82) is 0 Å². The molecule has 1 aliphatic carbocycles. The molecule has 0 aromatic heterocycles. The van der Waals surface area contributed by atoms with Crippen molar-refractivity contribution >= 4 is 33.9 Å². The normalized spacial score (nSPS) is 16.7. The molecular formula is C23H24FNO3S. The number of amides is 1. The van der Waals surface area contributed by atoms with Gasteiger partial charge >= 0.3 is 0 Å². The second-order valence-electron chi connectivity index (χ2n) is 7.20. The maximum Gasteiger partial charge on any atom is 0.224 e. The summed E-state index contributed by atoms with van der Waals surface area (Å²) in [6.07, 6.45) is 3.74. The second kappa shape index (κ2) is 8.84. The van der Waals surface area contributed by atoms with Gasteiger partial charge in [-0.1, -0.05) is 18.2 Å². The Kier molecular flexibility index (Phi) is 6.45. The summed E-state index contributed by atoms with van der Waals surface area (Å²) < 4.78 is 25.5. The summed E-state index contributed by atoms with van der Waals surface area (Å²) in [5.74, 6) is -0.568. The molecule has 0 saturated heterocycles. The molecule has 0 fully saturated rings. The van der Waals surface area contributed by atoms with Crippen molar-refractivity contribution in [2.24, 2.45) is 0 Å². The van der Waals surface area contributed by atoms with Crippen LogP contribution in [0.2, 0.25) is 0 Å². The van der Waals surface area contributed by atoms with Crippen LogP contribution in [-0.2, 0) is 15.6 Å². The van der Waals surface area contributed by atoms with Gasteiger partial charge in [-0.2, -0.15) is 0 Å². The zero-order chi connectivity index (χ0) is 21.1. The molecule has 2 aromatic carbocycles. The monoisotopic (exact) mass is 413 g/mol. The molecule has 4 nitrogen and oxygen atoms in total. The van der Waals surface area contributed by atoms with Gasteiger partial charge in [0.1, 0.15) is 5.82 Å². The molecule has 0 aliphatic heterocycles. The summed E-state index contributed by atoms with van der Waals surface area (Å²) in [4.78, 5) is 13.1. The van der Waals surface area contributed by atoms with Crippen LogP contribution < -0.4 is 5.32 Å². The molecule has 152 valence electrons. The van der Waals surface area contributed by atoms with Crippen LogP contribution in [-0.4, -0.2) is 34.1 Å². The molecule has 0 unspecified atom stereocenters. The second-order valence-corrected chi connectivity index (χ2v) is 8.58. The van der Waals surface area contributed by atoms with E-state index in [-0.39, 0.29) is 30.8 Å². The molecule has 2 aromatic rings. The van der Waals surface area contributed by atoms with E-state index < -0.39 is 10.8 Å². The van der Waals surface area contributed by atoms with E-state index in [4.69, 9.17) is 5.11 Å². The summed E-state index contributed by atoms with van der Waals surface area (Å²) in [5, 5.41) is 11.9. The van der Waals surface area contributed by atoms with Crippen molar-refractivity contribution in [3.05, 3.63) is 70.5 Å². The molecule has 29 heavy (non-hydrogen) atoms. The number of fused-ring (bicyclic) bond motifs is 1. The Balaban J connectivity index is 2.00. The molecule has 2 N–H and O–H groups in total. The molecule has 1 aliphatic rings. The number of carbonyl (C=O) groups is 1. The lowest BCUT2D eigenvalue weighted by molar-refractivity contribution is -0.120. The van der Waals surface area contributed by atoms with Crippen LogP contribution in [0.15, 0.2) is 52.9 Å². The maximum atomic E-state index is 13.9. The number of allylic oxidation sites excluding steroid dienone is 2. The van der Waals surface area contributed by atoms with E-state index in [1.807, 2.05) is 37.3 Å². The van der Waals surface area contributed by atoms with E-state index in [9.17, 15) is 13.4 Å². The molecular weight excluding hydrogens is 389 g/mol. The van der Waals surface area contributed by atoms with Crippen LogP contribution in [0.5, 0.6) is 0 Å². The number of hydrogen-bond acceptors (Lipinski definition) is 3. The van der Waals surface area contributed by atoms with Gasteiger partial charge in [0.15, 0.2) is 0 Å². The smallest absolute Gasteiger partial charge is 0.224 e. The van der Waals surface area contributed by atoms with Gasteiger partial charge in [0.05, 0.1) is 13.0 Å².